The number of benzene rings is 2. The van der Waals surface area contributed by atoms with Gasteiger partial charge in [-0.3, -0.25) is 19.5 Å². The quantitative estimate of drug-likeness (QED) is 0.411. The minimum Gasteiger partial charge on any atom is -0.408 e. The van der Waals surface area contributed by atoms with Gasteiger partial charge in [-0.05, 0) is 18.2 Å². The first-order valence-electron chi connectivity index (χ1n) is 7.54. The summed E-state index contributed by atoms with van der Waals surface area (Å²) in [5, 5.41) is 14.1. The Morgan fingerprint density at radius 2 is 2.15 bits per heavy atom. The molecule has 0 saturated heterocycles. The number of nitrogens with zero attached hydrogens (tertiary/aromatic N) is 3. The number of amides is 1. The van der Waals surface area contributed by atoms with Crippen LogP contribution in [0.2, 0.25) is 5.02 Å². The molecule has 0 aliphatic heterocycles. The fourth-order valence-corrected chi connectivity index (χ4v) is 3.65. The van der Waals surface area contributed by atoms with Gasteiger partial charge >= 0.3 is 5.76 Å². The van der Waals surface area contributed by atoms with Crippen molar-refractivity contribution in [2.45, 2.75) is 6.54 Å². The summed E-state index contributed by atoms with van der Waals surface area (Å²) in [7, 11) is 0. The summed E-state index contributed by atoms with van der Waals surface area (Å²) in [6.07, 6.45) is 0. The second-order valence-electron chi connectivity index (χ2n) is 5.54. The molecule has 11 heteroatoms. The number of halogens is 1. The Labute approximate surface area is 158 Å². The summed E-state index contributed by atoms with van der Waals surface area (Å²) in [6, 6.07) is 8.92. The van der Waals surface area contributed by atoms with Crippen LogP contribution in [0.25, 0.3) is 21.3 Å². The van der Waals surface area contributed by atoms with Gasteiger partial charge in [-0.25, -0.2) is 9.78 Å². The number of oxazole rings is 1. The Hall–Kier alpha value is -3.24. The molecule has 2 heterocycles. The van der Waals surface area contributed by atoms with Crippen molar-refractivity contribution in [2.24, 2.45) is 0 Å². The maximum atomic E-state index is 12.3. The fourth-order valence-electron chi connectivity index (χ4n) is 2.57. The van der Waals surface area contributed by atoms with E-state index in [0.717, 1.165) is 11.3 Å². The van der Waals surface area contributed by atoms with Gasteiger partial charge in [0.25, 0.3) is 5.69 Å². The molecule has 4 aromatic rings. The number of aromatic nitrogens is 2. The van der Waals surface area contributed by atoms with Crippen LogP contribution in [0.4, 0.5) is 10.8 Å². The van der Waals surface area contributed by atoms with E-state index in [1.54, 1.807) is 12.1 Å². The molecule has 0 aliphatic carbocycles. The molecule has 27 heavy (non-hydrogen) atoms. The lowest BCUT2D eigenvalue weighted by molar-refractivity contribution is -0.384. The molecule has 0 spiro atoms. The molecule has 0 fully saturated rings. The molecule has 0 saturated carbocycles. The molecule has 0 radical (unpaired) electrons. The van der Waals surface area contributed by atoms with E-state index in [4.69, 9.17) is 16.0 Å². The smallest absolute Gasteiger partial charge is 0.408 e. The molecule has 2 aromatic carbocycles. The highest BCUT2D eigenvalue weighted by Crippen LogP contribution is 2.29. The second-order valence-corrected chi connectivity index (χ2v) is 7.01. The predicted octanol–water partition coefficient (Wildman–Crippen LogP) is 3.40. The number of hydrogen-bond acceptors (Lipinski definition) is 7. The van der Waals surface area contributed by atoms with Crippen molar-refractivity contribution >= 4 is 61.0 Å². The van der Waals surface area contributed by atoms with Crippen LogP contribution in [0, 0.1) is 10.1 Å². The van der Waals surface area contributed by atoms with Crippen molar-refractivity contribution in [1.29, 1.82) is 0 Å². The minimum atomic E-state index is -0.678. The van der Waals surface area contributed by atoms with Gasteiger partial charge in [0, 0.05) is 23.2 Å². The molecule has 136 valence electrons. The highest BCUT2D eigenvalue weighted by molar-refractivity contribution is 7.22. The third-order valence-corrected chi connectivity index (χ3v) is 4.93. The molecule has 4 rings (SSSR count). The number of fused-ring (bicyclic) bond motifs is 2. The lowest BCUT2D eigenvalue weighted by atomic mass is 10.3. The van der Waals surface area contributed by atoms with Gasteiger partial charge in [0.05, 0.1) is 20.7 Å². The standard InChI is InChI=1S/C16H9ClN4O5S/c17-8-1-4-11-12(5-8)26-16(23)20(11)7-14(22)19-15-18-10-3-2-9(21(24)25)6-13(10)27-15/h1-6H,7H2,(H,18,19,22). The zero-order chi connectivity index (χ0) is 19.1. The van der Waals surface area contributed by atoms with Crippen LogP contribution in [-0.2, 0) is 11.3 Å². The van der Waals surface area contributed by atoms with Crippen LogP contribution < -0.4 is 11.1 Å². The number of hydrogen-bond donors (Lipinski definition) is 1. The molecular weight excluding hydrogens is 396 g/mol. The largest absolute Gasteiger partial charge is 0.420 e. The van der Waals surface area contributed by atoms with E-state index in [1.807, 2.05) is 0 Å². The Kier molecular flexibility index (Phi) is 4.13. The third-order valence-electron chi connectivity index (χ3n) is 3.76. The third kappa shape index (κ3) is 3.27. The van der Waals surface area contributed by atoms with Gasteiger partial charge in [-0.2, -0.15) is 0 Å². The van der Waals surface area contributed by atoms with Crippen LogP contribution in [0.5, 0.6) is 0 Å². The first-order chi connectivity index (χ1) is 12.9. The van der Waals surface area contributed by atoms with Gasteiger partial charge in [-0.1, -0.05) is 22.9 Å². The zero-order valence-electron chi connectivity index (χ0n) is 13.3. The maximum Gasteiger partial charge on any atom is 0.420 e. The summed E-state index contributed by atoms with van der Waals surface area (Å²) < 4.78 is 6.83. The summed E-state index contributed by atoms with van der Waals surface area (Å²) in [5.74, 6) is -1.16. The van der Waals surface area contributed by atoms with E-state index in [-0.39, 0.29) is 22.9 Å². The molecular formula is C16H9ClN4O5S. The number of nitro groups is 1. The molecule has 0 bridgehead atoms. The average Bonchev–Trinajstić information content (AvgIpc) is 3.14. The Bertz CT molecular complexity index is 1280. The summed E-state index contributed by atoms with van der Waals surface area (Å²) in [6.45, 7) is -0.274. The SMILES string of the molecule is O=C(Cn1c(=O)oc2cc(Cl)ccc21)Nc1nc2ccc([N+](=O)[O-])cc2s1. The Morgan fingerprint density at radius 1 is 1.33 bits per heavy atom. The van der Waals surface area contributed by atoms with Gasteiger partial charge in [-0.15, -0.1) is 0 Å². The highest BCUT2D eigenvalue weighted by Gasteiger charge is 2.15. The maximum absolute atomic E-state index is 12.3. The molecule has 0 aliphatic rings. The highest BCUT2D eigenvalue weighted by atomic mass is 35.5. The summed E-state index contributed by atoms with van der Waals surface area (Å²) in [4.78, 5) is 38.8. The average molecular weight is 405 g/mol. The number of carbonyl (C=O) groups is 1. The fraction of sp³-hybridized carbons (Fsp3) is 0.0625. The molecule has 2 aromatic heterocycles. The first-order valence-corrected chi connectivity index (χ1v) is 8.74. The number of nitro benzene ring substituents is 1. The van der Waals surface area contributed by atoms with Crippen molar-refractivity contribution in [2.75, 3.05) is 5.32 Å². The van der Waals surface area contributed by atoms with Gasteiger partial charge in [0.1, 0.15) is 6.54 Å². The normalized spacial score (nSPS) is 11.1. The van der Waals surface area contributed by atoms with E-state index in [1.165, 1.54) is 28.8 Å². The predicted molar refractivity (Wildman–Crippen MR) is 100 cm³/mol. The van der Waals surface area contributed by atoms with Crippen LogP contribution in [0.3, 0.4) is 0 Å². The van der Waals surface area contributed by atoms with Crippen molar-refractivity contribution in [3.63, 3.8) is 0 Å². The van der Waals surface area contributed by atoms with E-state index in [9.17, 15) is 19.7 Å². The topological polar surface area (TPSA) is 120 Å². The van der Waals surface area contributed by atoms with E-state index >= 15 is 0 Å². The first kappa shape index (κ1) is 17.2. The number of non-ortho nitro benzene ring substituents is 1. The van der Waals surface area contributed by atoms with Gasteiger partial charge in [0.15, 0.2) is 10.7 Å². The minimum absolute atomic E-state index is 0.0564. The number of carbonyl (C=O) groups excluding carboxylic acids is 1. The molecule has 1 amide bonds. The molecule has 0 unspecified atom stereocenters. The van der Waals surface area contributed by atoms with E-state index in [2.05, 4.69) is 10.3 Å². The number of rotatable bonds is 4. The van der Waals surface area contributed by atoms with Crippen molar-refractivity contribution < 1.29 is 14.1 Å². The van der Waals surface area contributed by atoms with Gasteiger partial charge in [0.2, 0.25) is 5.91 Å². The lowest BCUT2D eigenvalue weighted by Crippen LogP contribution is -2.24. The number of anilines is 1. The molecule has 1 N–H and O–H groups in total. The zero-order valence-corrected chi connectivity index (χ0v) is 14.9. The van der Waals surface area contributed by atoms with Crippen LogP contribution in [0.15, 0.2) is 45.6 Å². The Balaban J connectivity index is 1.58. The second kappa shape index (κ2) is 6.49. The summed E-state index contributed by atoms with van der Waals surface area (Å²) >= 11 is 6.97. The van der Waals surface area contributed by atoms with Crippen molar-refractivity contribution in [1.82, 2.24) is 9.55 Å². The number of nitrogens with one attached hydrogen (secondary N) is 1. The summed E-state index contributed by atoms with van der Waals surface area (Å²) in [5.41, 5.74) is 1.20. The number of thiazole rings is 1. The van der Waals surface area contributed by atoms with E-state index in [0.29, 0.717) is 20.8 Å². The van der Waals surface area contributed by atoms with Crippen molar-refractivity contribution in [3.05, 3.63) is 62.1 Å². The van der Waals surface area contributed by atoms with E-state index < -0.39 is 16.6 Å². The Morgan fingerprint density at radius 3 is 2.93 bits per heavy atom. The van der Waals surface area contributed by atoms with Crippen LogP contribution >= 0.6 is 22.9 Å². The lowest BCUT2D eigenvalue weighted by Gasteiger charge is -2.02. The van der Waals surface area contributed by atoms with Crippen LogP contribution in [0.1, 0.15) is 0 Å². The molecule has 0 atom stereocenters. The van der Waals surface area contributed by atoms with Crippen LogP contribution in [-0.4, -0.2) is 20.4 Å². The van der Waals surface area contributed by atoms with Crippen molar-refractivity contribution in [3.8, 4) is 0 Å². The molecule has 9 nitrogen and oxygen atoms in total. The monoisotopic (exact) mass is 404 g/mol. The van der Waals surface area contributed by atoms with Gasteiger partial charge < -0.3 is 9.73 Å².